The molecule has 4 nitrogen and oxygen atoms in total. The highest BCUT2D eigenvalue weighted by atomic mass is 16.5. The first-order valence-corrected chi connectivity index (χ1v) is 9.90. The van der Waals surface area contributed by atoms with Crippen LogP contribution in [0.25, 0.3) is 0 Å². The van der Waals surface area contributed by atoms with Crippen LogP contribution in [0.2, 0.25) is 0 Å². The van der Waals surface area contributed by atoms with Crippen LogP contribution in [-0.2, 0) is 16.0 Å². The van der Waals surface area contributed by atoms with E-state index in [9.17, 15) is 4.79 Å². The first-order chi connectivity index (χ1) is 13.1. The molecule has 1 fully saturated rings. The third kappa shape index (κ3) is 5.41. The minimum absolute atomic E-state index is 0.127. The SMILES string of the molecule is CC(C(=O)N1CCC(OCCCc2ccccc2)C1)C(N)c1ccccc1. The monoisotopic (exact) mass is 366 g/mol. The zero-order valence-electron chi connectivity index (χ0n) is 16.1. The lowest BCUT2D eigenvalue weighted by Gasteiger charge is -2.25. The third-order valence-corrected chi connectivity index (χ3v) is 5.38. The van der Waals surface area contributed by atoms with Crippen LogP contribution in [0.1, 0.15) is 36.9 Å². The van der Waals surface area contributed by atoms with E-state index in [1.807, 2.05) is 48.2 Å². The summed E-state index contributed by atoms with van der Waals surface area (Å²) >= 11 is 0. The molecule has 2 aromatic carbocycles. The van der Waals surface area contributed by atoms with E-state index in [0.717, 1.165) is 38.0 Å². The molecule has 1 aliphatic rings. The normalized spacial score (nSPS) is 19.0. The lowest BCUT2D eigenvalue weighted by atomic mass is 9.94. The second-order valence-electron chi connectivity index (χ2n) is 7.38. The summed E-state index contributed by atoms with van der Waals surface area (Å²) in [5.41, 5.74) is 8.66. The molecule has 3 rings (SSSR count). The van der Waals surface area contributed by atoms with E-state index < -0.39 is 0 Å². The molecule has 1 heterocycles. The first kappa shape index (κ1) is 19.6. The van der Waals surface area contributed by atoms with E-state index in [2.05, 4.69) is 24.3 Å². The Balaban J connectivity index is 1.41. The van der Waals surface area contributed by atoms with Gasteiger partial charge < -0.3 is 15.4 Å². The van der Waals surface area contributed by atoms with E-state index in [-0.39, 0.29) is 24.0 Å². The first-order valence-electron chi connectivity index (χ1n) is 9.90. The topological polar surface area (TPSA) is 55.6 Å². The van der Waals surface area contributed by atoms with Crippen molar-refractivity contribution in [2.75, 3.05) is 19.7 Å². The molecular formula is C23H30N2O2. The zero-order chi connectivity index (χ0) is 19.1. The van der Waals surface area contributed by atoms with Crippen molar-refractivity contribution in [1.82, 2.24) is 4.90 Å². The minimum atomic E-state index is -0.274. The summed E-state index contributed by atoms with van der Waals surface area (Å²) in [5, 5.41) is 0. The second-order valence-corrected chi connectivity index (χ2v) is 7.38. The van der Waals surface area contributed by atoms with Gasteiger partial charge >= 0.3 is 0 Å². The van der Waals surface area contributed by atoms with Gasteiger partial charge in [-0.1, -0.05) is 67.6 Å². The molecule has 0 aliphatic carbocycles. The molecule has 3 atom stereocenters. The van der Waals surface area contributed by atoms with Crippen molar-refractivity contribution in [3.63, 3.8) is 0 Å². The van der Waals surface area contributed by atoms with Gasteiger partial charge in [0.2, 0.25) is 5.91 Å². The highest BCUT2D eigenvalue weighted by molar-refractivity contribution is 5.79. The maximum absolute atomic E-state index is 12.8. The molecule has 1 amide bonds. The number of hydrogen-bond donors (Lipinski definition) is 1. The summed E-state index contributed by atoms with van der Waals surface area (Å²) in [5.74, 6) is -0.106. The predicted octanol–water partition coefficient (Wildman–Crippen LogP) is 3.57. The number of nitrogens with zero attached hydrogens (tertiary/aromatic N) is 1. The van der Waals surface area contributed by atoms with Gasteiger partial charge in [0.15, 0.2) is 0 Å². The quantitative estimate of drug-likeness (QED) is 0.727. The van der Waals surface area contributed by atoms with Gasteiger partial charge in [-0.05, 0) is 30.4 Å². The smallest absolute Gasteiger partial charge is 0.227 e. The van der Waals surface area contributed by atoms with Gasteiger partial charge in [0.25, 0.3) is 0 Å². The molecule has 2 N–H and O–H groups in total. The molecule has 4 heteroatoms. The Kier molecular flexibility index (Phi) is 7.02. The summed E-state index contributed by atoms with van der Waals surface area (Å²) in [6.45, 7) is 4.10. The summed E-state index contributed by atoms with van der Waals surface area (Å²) in [4.78, 5) is 14.7. The molecule has 2 aromatic rings. The number of hydrogen-bond acceptors (Lipinski definition) is 3. The van der Waals surface area contributed by atoms with Crippen LogP contribution in [0, 0.1) is 5.92 Å². The van der Waals surface area contributed by atoms with Crippen LogP contribution >= 0.6 is 0 Å². The fourth-order valence-corrected chi connectivity index (χ4v) is 3.64. The number of amides is 1. The number of aryl methyl sites for hydroxylation is 1. The molecular weight excluding hydrogens is 336 g/mol. The molecule has 144 valence electrons. The Morgan fingerprint density at radius 2 is 1.81 bits per heavy atom. The van der Waals surface area contributed by atoms with Crippen LogP contribution in [0.15, 0.2) is 60.7 Å². The maximum atomic E-state index is 12.8. The van der Waals surface area contributed by atoms with E-state index in [4.69, 9.17) is 10.5 Å². The van der Waals surface area contributed by atoms with Crippen LogP contribution in [0.4, 0.5) is 0 Å². The number of likely N-dealkylation sites (tertiary alicyclic amines) is 1. The molecule has 27 heavy (non-hydrogen) atoms. The van der Waals surface area contributed by atoms with Crippen molar-refractivity contribution in [2.45, 2.75) is 38.3 Å². The average molecular weight is 367 g/mol. The van der Waals surface area contributed by atoms with Crippen LogP contribution in [0.5, 0.6) is 0 Å². The molecule has 0 saturated carbocycles. The standard InChI is InChI=1S/C23H30N2O2/c1-18(22(24)20-12-6-3-7-13-20)23(26)25-15-14-21(17-25)27-16-8-11-19-9-4-2-5-10-19/h2-7,9-10,12-13,18,21-22H,8,11,14-17,24H2,1H3. The molecule has 1 aliphatic heterocycles. The summed E-state index contributed by atoms with van der Waals surface area (Å²) in [7, 11) is 0. The number of ether oxygens (including phenoxy) is 1. The Bertz CT molecular complexity index is 705. The van der Waals surface area contributed by atoms with Crippen molar-refractivity contribution in [1.29, 1.82) is 0 Å². The molecule has 3 unspecified atom stereocenters. The number of carbonyl (C=O) groups excluding carboxylic acids is 1. The number of benzene rings is 2. The van der Waals surface area contributed by atoms with Crippen molar-refractivity contribution >= 4 is 5.91 Å². The Morgan fingerprint density at radius 3 is 2.52 bits per heavy atom. The van der Waals surface area contributed by atoms with Crippen molar-refractivity contribution in [2.24, 2.45) is 11.7 Å². The van der Waals surface area contributed by atoms with E-state index in [1.54, 1.807) is 0 Å². The lowest BCUT2D eigenvalue weighted by Crippen LogP contribution is -2.38. The Hall–Kier alpha value is -2.17. The molecule has 0 spiro atoms. The molecule has 0 bridgehead atoms. The number of rotatable bonds is 8. The lowest BCUT2D eigenvalue weighted by molar-refractivity contribution is -0.135. The van der Waals surface area contributed by atoms with E-state index in [0.29, 0.717) is 6.54 Å². The maximum Gasteiger partial charge on any atom is 0.227 e. The highest BCUT2D eigenvalue weighted by Crippen LogP contribution is 2.23. The van der Waals surface area contributed by atoms with Gasteiger partial charge in [-0.15, -0.1) is 0 Å². The van der Waals surface area contributed by atoms with Gasteiger partial charge in [0, 0.05) is 25.7 Å². The zero-order valence-corrected chi connectivity index (χ0v) is 16.1. The number of carbonyl (C=O) groups is 1. The average Bonchev–Trinajstić information content (AvgIpc) is 3.20. The van der Waals surface area contributed by atoms with Gasteiger partial charge in [0.05, 0.1) is 12.0 Å². The Labute approximate surface area is 162 Å². The minimum Gasteiger partial charge on any atom is -0.376 e. The molecule has 1 saturated heterocycles. The van der Waals surface area contributed by atoms with Gasteiger partial charge in [-0.2, -0.15) is 0 Å². The largest absolute Gasteiger partial charge is 0.376 e. The van der Waals surface area contributed by atoms with E-state index in [1.165, 1.54) is 5.56 Å². The molecule has 0 aromatic heterocycles. The van der Waals surface area contributed by atoms with E-state index >= 15 is 0 Å². The van der Waals surface area contributed by atoms with Crippen LogP contribution in [0.3, 0.4) is 0 Å². The van der Waals surface area contributed by atoms with Gasteiger partial charge in [-0.3, -0.25) is 4.79 Å². The summed E-state index contributed by atoms with van der Waals surface area (Å²) in [6.07, 6.45) is 3.08. The molecule has 0 radical (unpaired) electrons. The van der Waals surface area contributed by atoms with Crippen molar-refractivity contribution in [3.8, 4) is 0 Å². The second kappa shape index (κ2) is 9.67. The van der Waals surface area contributed by atoms with Crippen LogP contribution < -0.4 is 5.73 Å². The highest BCUT2D eigenvalue weighted by Gasteiger charge is 2.32. The van der Waals surface area contributed by atoms with Gasteiger partial charge in [0.1, 0.15) is 0 Å². The fourth-order valence-electron chi connectivity index (χ4n) is 3.64. The summed E-state index contributed by atoms with van der Waals surface area (Å²) < 4.78 is 6.00. The predicted molar refractivity (Wildman–Crippen MR) is 108 cm³/mol. The third-order valence-electron chi connectivity index (χ3n) is 5.38. The number of nitrogens with two attached hydrogens (primary N) is 1. The summed E-state index contributed by atoms with van der Waals surface area (Å²) in [6, 6.07) is 20.0. The Morgan fingerprint density at radius 1 is 1.15 bits per heavy atom. The fraction of sp³-hybridized carbons (Fsp3) is 0.435. The van der Waals surface area contributed by atoms with Crippen molar-refractivity contribution in [3.05, 3.63) is 71.8 Å². The van der Waals surface area contributed by atoms with Crippen molar-refractivity contribution < 1.29 is 9.53 Å². The van der Waals surface area contributed by atoms with Crippen LogP contribution in [-0.4, -0.2) is 36.6 Å². The van der Waals surface area contributed by atoms with Gasteiger partial charge in [-0.25, -0.2) is 0 Å².